The Morgan fingerprint density at radius 3 is 2.42 bits per heavy atom. The first-order valence-corrected chi connectivity index (χ1v) is 10.0. The minimum atomic E-state index is -3.95. The Morgan fingerprint density at radius 1 is 1.27 bits per heavy atom. The van der Waals surface area contributed by atoms with E-state index in [1.165, 1.54) is 13.8 Å². The van der Waals surface area contributed by atoms with Crippen molar-refractivity contribution in [3.05, 3.63) is 11.5 Å². The first-order chi connectivity index (χ1) is 12.1. The molecule has 0 aromatic carbocycles. The number of sulfonamides is 1. The number of nitrogens with zero attached hydrogens (tertiary/aromatic N) is 2. The summed E-state index contributed by atoms with van der Waals surface area (Å²) in [5, 5.41) is 3.57. The molecule has 1 aromatic heterocycles. The molecule has 0 unspecified atom stereocenters. The van der Waals surface area contributed by atoms with Crippen molar-refractivity contribution >= 4 is 21.9 Å². The minimum absolute atomic E-state index is 0.0997. The van der Waals surface area contributed by atoms with Gasteiger partial charge in [-0.2, -0.15) is 4.72 Å². The van der Waals surface area contributed by atoms with Crippen LogP contribution in [0.3, 0.4) is 0 Å². The molecule has 2 heterocycles. The maximum absolute atomic E-state index is 12.3. The lowest BCUT2D eigenvalue weighted by molar-refractivity contribution is -0.154. The van der Waals surface area contributed by atoms with Crippen LogP contribution < -0.4 is 4.72 Å². The van der Waals surface area contributed by atoms with Gasteiger partial charge in [0, 0.05) is 12.1 Å². The quantitative estimate of drug-likeness (QED) is 0.720. The van der Waals surface area contributed by atoms with Crippen LogP contribution in [0.25, 0.3) is 0 Å². The number of rotatable bonds is 6. The second-order valence-corrected chi connectivity index (χ2v) is 8.27. The SMILES string of the molecule is Cc1noc(C)c1S(=O)(=O)NCC(=O)OCC(=O)N1[C@H](C)CCC[C@@H]1C. The van der Waals surface area contributed by atoms with E-state index in [-0.39, 0.29) is 34.3 Å². The highest BCUT2D eigenvalue weighted by Gasteiger charge is 2.30. The van der Waals surface area contributed by atoms with Gasteiger partial charge in [-0.3, -0.25) is 9.59 Å². The molecule has 0 radical (unpaired) electrons. The highest BCUT2D eigenvalue weighted by atomic mass is 32.2. The van der Waals surface area contributed by atoms with Gasteiger partial charge >= 0.3 is 5.97 Å². The Labute approximate surface area is 153 Å². The van der Waals surface area contributed by atoms with E-state index < -0.39 is 29.1 Å². The molecule has 1 aliphatic rings. The van der Waals surface area contributed by atoms with E-state index in [0.717, 1.165) is 19.3 Å². The first-order valence-electron chi connectivity index (χ1n) is 8.52. The number of amides is 1. The molecular weight excluding hydrogens is 362 g/mol. The zero-order valence-corrected chi connectivity index (χ0v) is 16.3. The van der Waals surface area contributed by atoms with E-state index in [4.69, 9.17) is 9.26 Å². The molecule has 9 nitrogen and oxygen atoms in total. The average Bonchev–Trinajstić information content (AvgIpc) is 2.90. The van der Waals surface area contributed by atoms with Gasteiger partial charge in [0.2, 0.25) is 10.0 Å². The van der Waals surface area contributed by atoms with Gasteiger partial charge in [-0.15, -0.1) is 0 Å². The van der Waals surface area contributed by atoms with Crippen LogP contribution in [0.2, 0.25) is 0 Å². The van der Waals surface area contributed by atoms with Crippen LogP contribution >= 0.6 is 0 Å². The van der Waals surface area contributed by atoms with E-state index in [0.29, 0.717) is 0 Å². The van der Waals surface area contributed by atoms with E-state index in [1.807, 2.05) is 13.8 Å². The summed E-state index contributed by atoms with van der Waals surface area (Å²) in [7, 11) is -3.95. The van der Waals surface area contributed by atoms with Crippen molar-refractivity contribution in [3.63, 3.8) is 0 Å². The fraction of sp³-hybridized carbons (Fsp3) is 0.688. The molecule has 26 heavy (non-hydrogen) atoms. The Kier molecular flexibility index (Phi) is 6.40. The molecular formula is C16H25N3O6S. The number of carbonyl (C=O) groups is 2. The zero-order chi connectivity index (χ0) is 19.5. The third-order valence-corrected chi connectivity index (χ3v) is 6.13. The summed E-state index contributed by atoms with van der Waals surface area (Å²) >= 11 is 0. The van der Waals surface area contributed by atoms with Crippen molar-refractivity contribution < 1.29 is 27.3 Å². The topological polar surface area (TPSA) is 119 Å². The molecule has 0 spiro atoms. The number of piperidine rings is 1. The van der Waals surface area contributed by atoms with E-state index in [2.05, 4.69) is 9.88 Å². The van der Waals surface area contributed by atoms with Crippen LogP contribution in [0.1, 0.15) is 44.6 Å². The monoisotopic (exact) mass is 387 g/mol. The molecule has 10 heteroatoms. The maximum atomic E-state index is 12.3. The van der Waals surface area contributed by atoms with Crippen molar-refractivity contribution in [1.82, 2.24) is 14.8 Å². The summed E-state index contributed by atoms with van der Waals surface area (Å²) in [6, 6.07) is 0.200. The number of carbonyl (C=O) groups excluding carboxylic acids is 2. The number of hydrogen-bond donors (Lipinski definition) is 1. The van der Waals surface area contributed by atoms with Gasteiger partial charge in [0.15, 0.2) is 12.4 Å². The molecule has 1 aliphatic heterocycles. The van der Waals surface area contributed by atoms with Crippen LogP contribution in [0.4, 0.5) is 0 Å². The van der Waals surface area contributed by atoms with Crippen LogP contribution in [0.5, 0.6) is 0 Å². The highest BCUT2D eigenvalue weighted by molar-refractivity contribution is 7.89. The molecule has 0 bridgehead atoms. The number of hydrogen-bond acceptors (Lipinski definition) is 7. The summed E-state index contributed by atoms with van der Waals surface area (Å²) in [5.41, 5.74) is 0.201. The largest absolute Gasteiger partial charge is 0.455 e. The molecule has 146 valence electrons. The molecule has 1 aromatic rings. The molecule has 1 fully saturated rings. The van der Waals surface area contributed by atoms with E-state index >= 15 is 0 Å². The van der Waals surface area contributed by atoms with Gasteiger partial charge in [-0.05, 0) is 47.0 Å². The fourth-order valence-electron chi connectivity index (χ4n) is 3.27. The molecule has 0 aliphatic carbocycles. The summed E-state index contributed by atoms with van der Waals surface area (Å²) < 4.78 is 36.3. The zero-order valence-electron chi connectivity index (χ0n) is 15.4. The Morgan fingerprint density at radius 2 is 1.88 bits per heavy atom. The number of aromatic nitrogens is 1. The standard InChI is InChI=1S/C16H25N3O6S/c1-10-6-5-7-11(2)19(10)14(20)9-24-15(21)8-17-26(22,23)16-12(3)18-25-13(16)4/h10-11,17H,5-9H2,1-4H3/t10-,11+. The number of likely N-dealkylation sites (tertiary alicyclic amines) is 1. The molecule has 1 saturated heterocycles. The number of aryl methyl sites for hydroxylation is 2. The molecule has 2 atom stereocenters. The molecule has 1 amide bonds. The van der Waals surface area contributed by atoms with Gasteiger partial charge in [0.25, 0.3) is 5.91 Å². The number of ether oxygens (including phenoxy) is 1. The van der Waals surface area contributed by atoms with Crippen LogP contribution in [0, 0.1) is 13.8 Å². The first kappa shape index (κ1) is 20.4. The number of nitrogens with one attached hydrogen (secondary N) is 1. The average molecular weight is 387 g/mol. The van der Waals surface area contributed by atoms with Crippen LogP contribution in [-0.4, -0.2) is 55.6 Å². The second-order valence-electron chi connectivity index (χ2n) is 6.57. The number of esters is 1. The van der Waals surface area contributed by atoms with Crippen molar-refractivity contribution in [2.24, 2.45) is 0 Å². The lowest BCUT2D eigenvalue weighted by Gasteiger charge is -2.38. The Bertz CT molecular complexity index is 743. The smallest absolute Gasteiger partial charge is 0.321 e. The van der Waals surface area contributed by atoms with Gasteiger partial charge in [0.05, 0.1) is 0 Å². The fourth-order valence-corrected chi connectivity index (χ4v) is 4.56. The van der Waals surface area contributed by atoms with Gasteiger partial charge in [0.1, 0.15) is 17.1 Å². The van der Waals surface area contributed by atoms with E-state index in [1.54, 1.807) is 4.90 Å². The lowest BCUT2D eigenvalue weighted by Crippen LogP contribution is -2.49. The highest BCUT2D eigenvalue weighted by Crippen LogP contribution is 2.22. The minimum Gasteiger partial charge on any atom is -0.455 e. The van der Waals surface area contributed by atoms with Crippen molar-refractivity contribution in [2.45, 2.75) is 63.9 Å². The summed E-state index contributed by atoms with van der Waals surface area (Å²) in [6.45, 7) is 5.90. The van der Waals surface area contributed by atoms with Crippen molar-refractivity contribution in [2.75, 3.05) is 13.2 Å². The predicted molar refractivity (Wildman–Crippen MR) is 91.7 cm³/mol. The molecule has 2 rings (SSSR count). The maximum Gasteiger partial charge on any atom is 0.321 e. The Hall–Kier alpha value is -1.94. The summed E-state index contributed by atoms with van der Waals surface area (Å²) in [5.74, 6) is -0.968. The Balaban J connectivity index is 1.86. The third kappa shape index (κ3) is 4.61. The van der Waals surface area contributed by atoms with Gasteiger partial charge in [-0.1, -0.05) is 5.16 Å². The normalized spacial score (nSPS) is 20.8. The van der Waals surface area contributed by atoms with Crippen molar-refractivity contribution in [3.8, 4) is 0 Å². The van der Waals surface area contributed by atoms with Crippen LogP contribution in [-0.2, 0) is 24.3 Å². The van der Waals surface area contributed by atoms with E-state index in [9.17, 15) is 18.0 Å². The van der Waals surface area contributed by atoms with Crippen LogP contribution in [0.15, 0.2) is 9.42 Å². The lowest BCUT2D eigenvalue weighted by atomic mass is 9.97. The third-order valence-electron chi connectivity index (χ3n) is 4.48. The predicted octanol–water partition coefficient (Wildman–Crippen LogP) is 0.902. The van der Waals surface area contributed by atoms with Gasteiger partial charge in [-0.25, -0.2) is 8.42 Å². The van der Waals surface area contributed by atoms with Crippen molar-refractivity contribution in [1.29, 1.82) is 0 Å². The molecule has 0 saturated carbocycles. The second kappa shape index (κ2) is 8.17. The molecule has 1 N–H and O–H groups in total. The van der Waals surface area contributed by atoms with Gasteiger partial charge < -0.3 is 14.2 Å². The summed E-state index contributed by atoms with van der Waals surface area (Å²) in [4.78, 5) is 25.7. The summed E-state index contributed by atoms with van der Waals surface area (Å²) in [6.07, 6.45) is 2.90.